The zero-order valence-corrected chi connectivity index (χ0v) is 12.1. The van der Waals surface area contributed by atoms with Gasteiger partial charge >= 0.3 is 6.18 Å². The van der Waals surface area contributed by atoms with Crippen molar-refractivity contribution < 1.29 is 23.1 Å². The van der Waals surface area contributed by atoms with Crippen LogP contribution in [0.15, 0.2) is 54.1 Å². The topological polar surface area (TPSA) is 73.1 Å². The fourth-order valence-corrected chi connectivity index (χ4v) is 1.96. The Hall–Kier alpha value is -3.27. The zero-order valence-electron chi connectivity index (χ0n) is 12.1. The van der Waals surface area contributed by atoms with E-state index in [9.17, 15) is 23.1 Å². The minimum atomic E-state index is -4.63. The molecule has 0 aromatic heterocycles. The van der Waals surface area contributed by atoms with Crippen LogP contribution in [0.5, 0.6) is 5.75 Å². The van der Waals surface area contributed by atoms with Crippen molar-refractivity contribution in [3.8, 4) is 11.8 Å². The molecule has 0 unspecified atom stereocenters. The van der Waals surface area contributed by atoms with Crippen molar-refractivity contribution >= 4 is 17.7 Å². The molecule has 0 saturated carbocycles. The molecule has 0 atom stereocenters. The molecule has 122 valence electrons. The molecule has 0 saturated heterocycles. The minimum absolute atomic E-state index is 0.0659. The first-order chi connectivity index (χ1) is 11.3. The molecule has 2 aromatic carbocycles. The van der Waals surface area contributed by atoms with Crippen LogP contribution in [0.3, 0.4) is 0 Å². The highest BCUT2D eigenvalue weighted by molar-refractivity contribution is 6.10. The second-order valence-electron chi connectivity index (χ2n) is 4.76. The number of phenols is 1. The van der Waals surface area contributed by atoms with Gasteiger partial charge in [-0.25, -0.2) is 0 Å². The van der Waals surface area contributed by atoms with Crippen LogP contribution in [-0.4, -0.2) is 11.0 Å². The van der Waals surface area contributed by atoms with Crippen molar-refractivity contribution in [2.75, 3.05) is 5.32 Å². The molecule has 4 nitrogen and oxygen atoms in total. The second-order valence-corrected chi connectivity index (χ2v) is 4.76. The van der Waals surface area contributed by atoms with Crippen molar-refractivity contribution in [3.63, 3.8) is 0 Å². The van der Waals surface area contributed by atoms with Crippen molar-refractivity contribution in [2.24, 2.45) is 0 Å². The lowest BCUT2D eigenvalue weighted by Crippen LogP contribution is -2.17. The van der Waals surface area contributed by atoms with E-state index in [4.69, 9.17) is 5.26 Å². The summed E-state index contributed by atoms with van der Waals surface area (Å²) in [5, 5.41) is 20.5. The Morgan fingerprint density at radius 3 is 2.50 bits per heavy atom. The Labute approximate surface area is 135 Å². The number of para-hydroxylation sites is 1. The van der Waals surface area contributed by atoms with E-state index in [1.54, 1.807) is 6.07 Å². The normalized spacial score (nSPS) is 11.7. The maximum Gasteiger partial charge on any atom is 0.418 e. The molecule has 0 aliphatic rings. The maximum atomic E-state index is 12.9. The number of carbonyl (C=O) groups is 1. The third-order valence-corrected chi connectivity index (χ3v) is 3.03. The molecule has 0 radical (unpaired) electrons. The monoisotopic (exact) mass is 332 g/mol. The smallest absolute Gasteiger partial charge is 0.418 e. The van der Waals surface area contributed by atoms with Crippen molar-refractivity contribution in [2.45, 2.75) is 6.18 Å². The van der Waals surface area contributed by atoms with Gasteiger partial charge in [0.15, 0.2) is 0 Å². The summed E-state index contributed by atoms with van der Waals surface area (Å²) >= 11 is 0. The van der Waals surface area contributed by atoms with Crippen LogP contribution in [0.4, 0.5) is 18.9 Å². The second kappa shape index (κ2) is 6.87. The van der Waals surface area contributed by atoms with Gasteiger partial charge in [0.2, 0.25) is 0 Å². The summed E-state index contributed by atoms with van der Waals surface area (Å²) < 4.78 is 38.7. The lowest BCUT2D eigenvalue weighted by atomic mass is 10.1. The van der Waals surface area contributed by atoms with Crippen molar-refractivity contribution in [3.05, 3.63) is 65.2 Å². The number of alkyl halides is 3. The molecule has 0 spiro atoms. The number of hydrogen-bond donors (Lipinski definition) is 2. The molecule has 0 fully saturated rings. The average molecular weight is 332 g/mol. The van der Waals surface area contributed by atoms with E-state index in [2.05, 4.69) is 5.32 Å². The number of rotatable bonds is 3. The van der Waals surface area contributed by atoms with Crippen LogP contribution in [0.25, 0.3) is 6.08 Å². The Balaban J connectivity index is 2.31. The molecule has 1 amide bonds. The van der Waals surface area contributed by atoms with Crippen LogP contribution in [-0.2, 0) is 11.0 Å². The van der Waals surface area contributed by atoms with Gasteiger partial charge in [0, 0.05) is 0 Å². The summed E-state index contributed by atoms with van der Waals surface area (Å²) in [6.07, 6.45) is -3.46. The Bertz CT molecular complexity index is 836. The zero-order chi connectivity index (χ0) is 17.7. The number of aromatic hydroxyl groups is 1. The summed E-state index contributed by atoms with van der Waals surface area (Å²) in [7, 11) is 0. The highest BCUT2D eigenvalue weighted by Gasteiger charge is 2.33. The van der Waals surface area contributed by atoms with Gasteiger partial charge in [-0.1, -0.05) is 24.3 Å². The van der Waals surface area contributed by atoms with E-state index < -0.39 is 28.9 Å². The number of halogens is 3. The van der Waals surface area contributed by atoms with Gasteiger partial charge in [-0.3, -0.25) is 4.79 Å². The predicted molar refractivity (Wildman–Crippen MR) is 81.8 cm³/mol. The first kappa shape index (κ1) is 17.1. The fraction of sp³-hybridized carbons (Fsp3) is 0.0588. The highest BCUT2D eigenvalue weighted by Crippen LogP contribution is 2.34. The van der Waals surface area contributed by atoms with E-state index in [1.807, 2.05) is 0 Å². The summed E-state index contributed by atoms with van der Waals surface area (Å²) in [6.45, 7) is 0. The number of benzene rings is 2. The molecule has 2 N–H and O–H groups in total. The fourth-order valence-electron chi connectivity index (χ4n) is 1.96. The average Bonchev–Trinajstić information content (AvgIpc) is 2.52. The number of hydrogen-bond acceptors (Lipinski definition) is 3. The number of nitriles is 1. The quantitative estimate of drug-likeness (QED) is 0.660. The standard InChI is InChI=1S/C17H11F3N2O2/c18-17(19,20)14-6-1-2-7-15(14)22-16(24)12(10-21)8-11-4-3-5-13(23)9-11/h1-9,23H,(H,22,24)/b12-8+. The van der Waals surface area contributed by atoms with Crippen molar-refractivity contribution in [1.82, 2.24) is 0 Å². The van der Waals surface area contributed by atoms with Crippen LogP contribution in [0, 0.1) is 11.3 Å². The predicted octanol–water partition coefficient (Wildman–Crippen LogP) is 3.96. The number of amides is 1. The molecule has 0 aliphatic carbocycles. The van der Waals surface area contributed by atoms with E-state index in [0.717, 1.165) is 12.1 Å². The van der Waals surface area contributed by atoms with E-state index in [0.29, 0.717) is 5.56 Å². The largest absolute Gasteiger partial charge is 0.508 e. The Morgan fingerprint density at radius 2 is 1.88 bits per heavy atom. The number of carbonyl (C=O) groups excluding carboxylic acids is 1. The number of nitrogens with one attached hydrogen (secondary N) is 1. The molecule has 24 heavy (non-hydrogen) atoms. The number of anilines is 1. The SMILES string of the molecule is N#C/C(=C\c1cccc(O)c1)C(=O)Nc1ccccc1C(F)(F)F. The lowest BCUT2D eigenvalue weighted by molar-refractivity contribution is -0.137. The first-order valence-electron chi connectivity index (χ1n) is 6.69. The molecular weight excluding hydrogens is 321 g/mol. The Kier molecular flexibility index (Phi) is 4.90. The molecular formula is C17H11F3N2O2. The third-order valence-electron chi connectivity index (χ3n) is 3.03. The van der Waals surface area contributed by atoms with Crippen LogP contribution in [0.1, 0.15) is 11.1 Å². The summed E-state index contributed by atoms with van der Waals surface area (Å²) in [6, 6.07) is 11.9. The molecule has 0 heterocycles. The first-order valence-corrected chi connectivity index (χ1v) is 6.69. The van der Waals surface area contributed by atoms with Gasteiger partial charge in [-0.2, -0.15) is 18.4 Å². The van der Waals surface area contributed by atoms with E-state index >= 15 is 0 Å². The van der Waals surface area contributed by atoms with Gasteiger partial charge < -0.3 is 10.4 Å². The molecule has 7 heteroatoms. The van der Waals surface area contributed by atoms with Gasteiger partial charge in [-0.15, -0.1) is 0 Å². The third kappa shape index (κ3) is 4.14. The van der Waals surface area contributed by atoms with Crippen LogP contribution < -0.4 is 5.32 Å². The van der Waals surface area contributed by atoms with Crippen LogP contribution >= 0.6 is 0 Å². The molecule has 0 bridgehead atoms. The Morgan fingerprint density at radius 1 is 1.17 bits per heavy atom. The van der Waals surface area contributed by atoms with Gasteiger partial charge in [-0.05, 0) is 35.9 Å². The van der Waals surface area contributed by atoms with Gasteiger partial charge in [0.1, 0.15) is 17.4 Å². The maximum absolute atomic E-state index is 12.9. The highest BCUT2D eigenvalue weighted by atomic mass is 19.4. The van der Waals surface area contributed by atoms with Crippen molar-refractivity contribution in [1.29, 1.82) is 5.26 Å². The summed E-state index contributed by atoms with van der Waals surface area (Å²) in [5.74, 6) is -1.04. The van der Waals surface area contributed by atoms with Gasteiger partial charge in [0.25, 0.3) is 5.91 Å². The molecule has 0 aliphatic heterocycles. The molecule has 2 rings (SSSR count). The molecule has 2 aromatic rings. The number of phenolic OH excluding ortho intramolecular Hbond substituents is 1. The lowest BCUT2D eigenvalue weighted by Gasteiger charge is -2.13. The summed E-state index contributed by atoms with van der Waals surface area (Å²) in [5.41, 5.74) is -1.47. The van der Waals surface area contributed by atoms with E-state index in [1.165, 1.54) is 42.5 Å². The summed E-state index contributed by atoms with van der Waals surface area (Å²) in [4.78, 5) is 12.1. The minimum Gasteiger partial charge on any atom is -0.508 e. The number of nitrogens with zero attached hydrogens (tertiary/aromatic N) is 1. The van der Waals surface area contributed by atoms with Crippen LogP contribution in [0.2, 0.25) is 0 Å². The van der Waals surface area contributed by atoms with Gasteiger partial charge in [0.05, 0.1) is 11.3 Å². The van der Waals surface area contributed by atoms with E-state index in [-0.39, 0.29) is 5.75 Å².